The van der Waals surface area contributed by atoms with Gasteiger partial charge in [0.25, 0.3) is 5.91 Å². The van der Waals surface area contributed by atoms with Crippen molar-refractivity contribution >= 4 is 11.6 Å². The Morgan fingerprint density at radius 2 is 1.94 bits per heavy atom. The quantitative estimate of drug-likeness (QED) is 0.471. The lowest BCUT2D eigenvalue weighted by Gasteiger charge is -2.28. The van der Waals surface area contributed by atoms with E-state index in [1.807, 2.05) is 0 Å². The summed E-state index contributed by atoms with van der Waals surface area (Å²) >= 11 is 0. The van der Waals surface area contributed by atoms with Gasteiger partial charge in [-0.2, -0.15) is 5.10 Å². The SMILES string of the molecule is Cn1ccc(-c2cc(F)c(Cc3cc(C(=O)N[C@H]4CCCC[C@@H]4O)c4nccn4c3)c(F)c2)n1. The van der Waals surface area contributed by atoms with Crippen molar-refractivity contribution in [3.63, 3.8) is 0 Å². The van der Waals surface area contributed by atoms with Gasteiger partial charge in [0.2, 0.25) is 0 Å². The van der Waals surface area contributed by atoms with Crippen molar-refractivity contribution in [3.05, 3.63) is 77.4 Å². The Labute approximate surface area is 195 Å². The second-order valence-electron chi connectivity index (χ2n) is 8.82. The first-order valence-corrected chi connectivity index (χ1v) is 11.3. The number of nitrogens with zero attached hydrogens (tertiary/aromatic N) is 4. The molecule has 3 aromatic heterocycles. The first-order chi connectivity index (χ1) is 16.4. The fourth-order valence-corrected chi connectivity index (χ4v) is 4.57. The number of halogens is 2. The Morgan fingerprint density at radius 3 is 2.65 bits per heavy atom. The number of hydrogen-bond donors (Lipinski definition) is 2. The zero-order chi connectivity index (χ0) is 23.8. The summed E-state index contributed by atoms with van der Waals surface area (Å²) in [5.41, 5.74) is 2.05. The number of pyridine rings is 1. The number of imidazole rings is 1. The van der Waals surface area contributed by atoms with Crippen molar-refractivity contribution < 1.29 is 18.7 Å². The van der Waals surface area contributed by atoms with Crippen molar-refractivity contribution in [1.29, 1.82) is 0 Å². The Balaban J connectivity index is 1.45. The molecule has 1 fully saturated rings. The van der Waals surface area contributed by atoms with Crippen LogP contribution in [0.4, 0.5) is 8.78 Å². The Bertz CT molecular complexity index is 1340. The molecule has 5 rings (SSSR count). The standard InChI is InChI=1S/C25H25F2N5O2/c1-31-8-6-21(30-31)16-12-19(26)17(20(27)13-16)10-15-11-18(24-28-7-9-32(24)14-15)25(34)29-22-4-2-3-5-23(22)33/h6-9,11-14,22-23,33H,2-5,10H2,1H3,(H,29,34)/t22-,23-/m0/s1. The van der Waals surface area contributed by atoms with Crippen LogP contribution in [-0.2, 0) is 13.5 Å². The van der Waals surface area contributed by atoms with Crippen LogP contribution >= 0.6 is 0 Å². The molecule has 176 valence electrons. The van der Waals surface area contributed by atoms with E-state index in [1.54, 1.807) is 53.1 Å². The third kappa shape index (κ3) is 4.31. The molecule has 1 saturated carbocycles. The van der Waals surface area contributed by atoms with Crippen molar-refractivity contribution in [2.75, 3.05) is 0 Å². The van der Waals surface area contributed by atoms with Crippen LogP contribution in [0.15, 0.2) is 49.1 Å². The number of fused-ring (bicyclic) bond motifs is 1. The van der Waals surface area contributed by atoms with Crippen LogP contribution in [0.5, 0.6) is 0 Å². The van der Waals surface area contributed by atoms with Crippen LogP contribution in [0, 0.1) is 11.6 Å². The van der Waals surface area contributed by atoms with Crippen LogP contribution in [0.3, 0.4) is 0 Å². The van der Waals surface area contributed by atoms with Gasteiger partial charge in [-0.3, -0.25) is 9.48 Å². The van der Waals surface area contributed by atoms with E-state index in [9.17, 15) is 18.7 Å². The van der Waals surface area contributed by atoms with E-state index in [4.69, 9.17) is 0 Å². The maximum Gasteiger partial charge on any atom is 0.255 e. The summed E-state index contributed by atoms with van der Waals surface area (Å²) in [6.07, 6.45) is 9.26. The molecule has 7 nitrogen and oxygen atoms in total. The molecule has 2 atom stereocenters. The van der Waals surface area contributed by atoms with Gasteiger partial charge in [0.15, 0.2) is 0 Å². The molecule has 9 heteroatoms. The molecule has 1 aromatic carbocycles. The largest absolute Gasteiger partial charge is 0.391 e. The summed E-state index contributed by atoms with van der Waals surface area (Å²) in [4.78, 5) is 17.3. The minimum Gasteiger partial charge on any atom is -0.391 e. The van der Waals surface area contributed by atoms with Gasteiger partial charge in [0.1, 0.15) is 17.3 Å². The fraction of sp³-hybridized carbons (Fsp3) is 0.320. The third-order valence-corrected chi connectivity index (χ3v) is 6.37. The number of carbonyl (C=O) groups is 1. The van der Waals surface area contributed by atoms with Gasteiger partial charge in [0, 0.05) is 49.4 Å². The summed E-state index contributed by atoms with van der Waals surface area (Å²) in [7, 11) is 1.74. The first-order valence-electron chi connectivity index (χ1n) is 11.3. The maximum atomic E-state index is 15.0. The molecule has 1 aliphatic carbocycles. The summed E-state index contributed by atoms with van der Waals surface area (Å²) in [5, 5.41) is 17.3. The van der Waals surface area contributed by atoms with Crippen molar-refractivity contribution in [2.45, 2.75) is 44.2 Å². The van der Waals surface area contributed by atoms with Gasteiger partial charge >= 0.3 is 0 Å². The number of aromatic nitrogens is 4. The Kier molecular flexibility index (Phi) is 5.87. The van der Waals surface area contributed by atoms with E-state index in [-0.39, 0.29) is 23.9 Å². The third-order valence-electron chi connectivity index (χ3n) is 6.37. The molecule has 0 spiro atoms. The minimum absolute atomic E-state index is 0.0411. The number of nitrogens with one attached hydrogen (secondary N) is 1. The zero-order valence-corrected chi connectivity index (χ0v) is 18.7. The average Bonchev–Trinajstić information content (AvgIpc) is 3.46. The van der Waals surface area contributed by atoms with Crippen LogP contribution < -0.4 is 5.32 Å². The highest BCUT2D eigenvalue weighted by atomic mass is 19.1. The van der Waals surface area contributed by atoms with E-state index in [1.165, 1.54) is 12.1 Å². The smallest absolute Gasteiger partial charge is 0.255 e. The molecule has 3 heterocycles. The zero-order valence-electron chi connectivity index (χ0n) is 18.7. The normalized spacial score (nSPS) is 18.4. The Hall–Kier alpha value is -3.59. The molecule has 34 heavy (non-hydrogen) atoms. The monoisotopic (exact) mass is 465 g/mol. The van der Waals surface area contributed by atoms with E-state index in [0.717, 1.165) is 12.8 Å². The summed E-state index contributed by atoms with van der Waals surface area (Å²) in [5.74, 6) is -1.72. The van der Waals surface area contributed by atoms with E-state index in [0.29, 0.717) is 40.9 Å². The highest BCUT2D eigenvalue weighted by Crippen LogP contribution is 2.26. The van der Waals surface area contributed by atoms with Gasteiger partial charge in [-0.25, -0.2) is 13.8 Å². The molecule has 0 bridgehead atoms. The molecule has 2 N–H and O–H groups in total. The predicted molar refractivity (Wildman–Crippen MR) is 122 cm³/mol. The van der Waals surface area contributed by atoms with Gasteiger partial charge in [-0.15, -0.1) is 0 Å². The lowest BCUT2D eigenvalue weighted by molar-refractivity contribution is 0.0718. The van der Waals surface area contributed by atoms with Crippen LogP contribution in [0.2, 0.25) is 0 Å². The Morgan fingerprint density at radius 1 is 1.18 bits per heavy atom. The number of aliphatic hydroxyl groups excluding tert-OH is 1. The summed E-state index contributed by atoms with van der Waals surface area (Å²) in [6, 6.07) is 5.52. The van der Waals surface area contributed by atoms with Gasteiger partial charge in [0.05, 0.1) is 23.4 Å². The van der Waals surface area contributed by atoms with E-state index < -0.39 is 17.7 Å². The van der Waals surface area contributed by atoms with Crippen LogP contribution in [0.1, 0.15) is 47.2 Å². The molecular weight excluding hydrogens is 440 g/mol. The number of aryl methyl sites for hydroxylation is 1. The lowest BCUT2D eigenvalue weighted by Crippen LogP contribution is -2.45. The number of amides is 1. The highest BCUT2D eigenvalue weighted by molar-refractivity contribution is 6.00. The molecule has 1 amide bonds. The first kappa shape index (κ1) is 22.2. The molecular formula is C25H25F2N5O2. The van der Waals surface area contributed by atoms with Crippen molar-refractivity contribution in [3.8, 4) is 11.3 Å². The van der Waals surface area contributed by atoms with Gasteiger partial charge in [-0.1, -0.05) is 12.8 Å². The number of benzene rings is 1. The molecule has 0 radical (unpaired) electrons. The van der Waals surface area contributed by atoms with E-state index >= 15 is 0 Å². The van der Waals surface area contributed by atoms with Crippen molar-refractivity contribution in [1.82, 2.24) is 24.5 Å². The van der Waals surface area contributed by atoms with Gasteiger partial charge in [-0.05, 0) is 42.7 Å². The molecule has 0 unspecified atom stereocenters. The predicted octanol–water partition coefficient (Wildman–Crippen LogP) is 3.64. The van der Waals surface area contributed by atoms with Crippen molar-refractivity contribution in [2.24, 2.45) is 7.05 Å². The highest BCUT2D eigenvalue weighted by Gasteiger charge is 2.26. The lowest BCUT2D eigenvalue weighted by atomic mass is 9.92. The maximum absolute atomic E-state index is 15.0. The second-order valence-corrected chi connectivity index (χ2v) is 8.82. The average molecular weight is 466 g/mol. The molecule has 0 aliphatic heterocycles. The molecule has 4 aromatic rings. The van der Waals surface area contributed by atoms with E-state index in [2.05, 4.69) is 15.4 Å². The van der Waals surface area contributed by atoms with Gasteiger partial charge < -0.3 is 14.8 Å². The number of carbonyl (C=O) groups excluding carboxylic acids is 1. The van der Waals surface area contributed by atoms with Crippen LogP contribution in [-0.4, -0.2) is 42.3 Å². The van der Waals surface area contributed by atoms with Crippen LogP contribution in [0.25, 0.3) is 16.9 Å². The number of hydrogen-bond acceptors (Lipinski definition) is 4. The number of rotatable bonds is 5. The molecule has 1 aliphatic rings. The fourth-order valence-electron chi connectivity index (χ4n) is 4.57. The topological polar surface area (TPSA) is 84.5 Å². The minimum atomic E-state index is -0.678. The summed E-state index contributed by atoms with van der Waals surface area (Å²) in [6.45, 7) is 0. The molecule has 0 saturated heterocycles. The summed E-state index contributed by atoms with van der Waals surface area (Å²) < 4.78 is 33.1. The second kappa shape index (κ2) is 8.98. The number of aliphatic hydroxyl groups is 1.